The van der Waals surface area contributed by atoms with Crippen molar-refractivity contribution in [2.75, 3.05) is 32.8 Å². The van der Waals surface area contributed by atoms with Crippen LogP contribution in [0.25, 0.3) is 10.8 Å². The molecule has 168 valence electrons. The molecule has 5 rings (SSSR count). The number of rotatable bonds is 4. The van der Waals surface area contributed by atoms with E-state index in [0.29, 0.717) is 21.2 Å². The number of aromatic nitrogens is 3. The van der Waals surface area contributed by atoms with Crippen molar-refractivity contribution >= 4 is 25.3 Å². The van der Waals surface area contributed by atoms with Gasteiger partial charge in [-0.1, -0.05) is 14.7 Å². The van der Waals surface area contributed by atoms with E-state index in [1.807, 2.05) is 41.7 Å². The van der Waals surface area contributed by atoms with Gasteiger partial charge in [-0.05, 0) is 32.9 Å². The molecule has 3 aliphatic rings. The van der Waals surface area contributed by atoms with Gasteiger partial charge in [-0.25, -0.2) is 4.52 Å². The number of carbonyl (C=O) groups excluding carboxylic acids is 1. The van der Waals surface area contributed by atoms with E-state index in [9.17, 15) is 9.90 Å². The summed E-state index contributed by atoms with van der Waals surface area (Å²) in [4.78, 5) is 24.1. The molecule has 1 amide bonds. The number of fused-ring (bicyclic) bond motifs is 2. The topological polar surface area (TPSA) is 77.2 Å². The van der Waals surface area contributed by atoms with Crippen LogP contribution in [0.2, 0.25) is 0 Å². The molecule has 0 spiro atoms. The first kappa shape index (κ1) is 21.3. The number of hydrogen-bond acceptors (Lipinski definition) is 6. The molecule has 1 saturated heterocycles. The van der Waals surface area contributed by atoms with Crippen molar-refractivity contribution in [3.05, 3.63) is 59.5 Å². The number of nitrogens with zero attached hydrogens (tertiary/aromatic N) is 6. The van der Waals surface area contributed by atoms with Gasteiger partial charge < -0.3 is 14.9 Å². The molecule has 0 aliphatic carbocycles. The maximum Gasteiger partial charge on any atom is 0.252 e. The van der Waals surface area contributed by atoms with E-state index in [1.54, 1.807) is 6.08 Å². The smallest absolute Gasteiger partial charge is 0.252 e. The molecule has 5 heterocycles. The van der Waals surface area contributed by atoms with E-state index >= 15 is 0 Å². The van der Waals surface area contributed by atoms with Crippen LogP contribution in [0.4, 0.5) is 0 Å². The maximum atomic E-state index is 13.1. The van der Waals surface area contributed by atoms with Gasteiger partial charge in [0.05, 0.1) is 46.9 Å². The minimum Gasteiger partial charge on any atom is -0.395 e. The molecular weight excluding hydrogens is 423 g/mol. The first-order chi connectivity index (χ1) is 15.4. The summed E-state index contributed by atoms with van der Waals surface area (Å²) in [6.45, 7) is 9.73. The molecule has 2 aromatic rings. The zero-order chi connectivity index (χ0) is 22.4. The van der Waals surface area contributed by atoms with Crippen LogP contribution in [0.15, 0.2) is 42.4 Å². The van der Waals surface area contributed by atoms with Crippen molar-refractivity contribution in [3.8, 4) is 0 Å². The first-order valence-corrected chi connectivity index (χ1v) is 12.1. The van der Waals surface area contributed by atoms with Gasteiger partial charge in [0.2, 0.25) is 0 Å². The number of carbonyl (C=O) groups is 1. The van der Waals surface area contributed by atoms with Crippen molar-refractivity contribution in [2.24, 2.45) is 0 Å². The third-order valence-corrected chi connectivity index (χ3v) is 7.88. The molecule has 0 radical (unpaired) electrons. The fraction of sp³-hybridized carbons (Fsp3) is 0.435. The SMILES string of the molecule is Cc1cn2nc(C3=CC(=O)N4C=C(N5CCN(CCO)[C@H](C)C5)C=CC4P3)cc2c(C)n1. The summed E-state index contributed by atoms with van der Waals surface area (Å²) in [5.41, 5.74) is 4.77. The summed E-state index contributed by atoms with van der Waals surface area (Å²) in [5.74, 6) is 0.0331. The third-order valence-electron chi connectivity index (χ3n) is 6.40. The number of hydrogen-bond donors (Lipinski definition) is 1. The van der Waals surface area contributed by atoms with Gasteiger partial charge in [0.15, 0.2) is 0 Å². The Kier molecular flexibility index (Phi) is 5.61. The number of aryl methyl sites for hydroxylation is 2. The molecule has 3 aliphatic heterocycles. The van der Waals surface area contributed by atoms with Crippen molar-refractivity contribution in [1.82, 2.24) is 29.3 Å². The average Bonchev–Trinajstić information content (AvgIpc) is 3.19. The highest BCUT2D eigenvalue weighted by Gasteiger charge is 2.32. The monoisotopic (exact) mass is 452 g/mol. The molecule has 0 saturated carbocycles. The van der Waals surface area contributed by atoms with E-state index in [0.717, 1.165) is 53.2 Å². The number of aliphatic hydroxyl groups is 1. The quantitative estimate of drug-likeness (QED) is 0.715. The van der Waals surface area contributed by atoms with Gasteiger partial charge in [0, 0.05) is 49.8 Å². The number of allylic oxidation sites excluding steroid dienone is 1. The molecule has 8 nitrogen and oxygen atoms in total. The molecule has 0 aromatic carbocycles. The van der Waals surface area contributed by atoms with E-state index in [2.05, 4.69) is 33.9 Å². The number of piperazine rings is 1. The van der Waals surface area contributed by atoms with Crippen LogP contribution in [0, 0.1) is 13.8 Å². The lowest BCUT2D eigenvalue weighted by Crippen LogP contribution is -2.52. The summed E-state index contributed by atoms with van der Waals surface area (Å²) >= 11 is 0. The van der Waals surface area contributed by atoms with E-state index < -0.39 is 0 Å². The van der Waals surface area contributed by atoms with Crippen molar-refractivity contribution in [2.45, 2.75) is 32.6 Å². The molecule has 9 heteroatoms. The van der Waals surface area contributed by atoms with Gasteiger partial charge >= 0.3 is 0 Å². The molecule has 0 bridgehead atoms. The van der Waals surface area contributed by atoms with Crippen LogP contribution >= 0.6 is 8.58 Å². The highest BCUT2D eigenvalue weighted by atomic mass is 31.1. The predicted molar refractivity (Wildman–Crippen MR) is 126 cm³/mol. The maximum absolute atomic E-state index is 13.1. The third kappa shape index (κ3) is 3.87. The standard InChI is InChI=1S/C23H29N6O2P/c1-15-12-29-20(17(3)24-15)10-19(25-29)21-11-22(31)28-14-18(4-5-23(28)32-21)27-7-6-26(8-9-30)16(2)13-27/h4-5,10-12,14,16,23,30,32H,6-9,13H2,1-3H3/t16-,23?/m1/s1. The summed E-state index contributed by atoms with van der Waals surface area (Å²) < 4.78 is 1.86. The number of amides is 1. The Balaban J connectivity index is 1.36. The summed E-state index contributed by atoms with van der Waals surface area (Å²) in [6, 6.07) is 2.40. The Morgan fingerprint density at radius 1 is 1.28 bits per heavy atom. The zero-order valence-corrected chi connectivity index (χ0v) is 19.7. The minimum atomic E-state index is 0.000601. The van der Waals surface area contributed by atoms with Crippen molar-refractivity contribution < 1.29 is 9.90 Å². The van der Waals surface area contributed by atoms with Crippen LogP contribution in [0.1, 0.15) is 24.0 Å². The molecule has 2 unspecified atom stereocenters. The Labute approximate surface area is 189 Å². The van der Waals surface area contributed by atoms with Gasteiger partial charge in [-0.3, -0.25) is 14.7 Å². The van der Waals surface area contributed by atoms with Crippen LogP contribution in [0.3, 0.4) is 0 Å². The van der Waals surface area contributed by atoms with Crippen molar-refractivity contribution in [1.29, 1.82) is 0 Å². The van der Waals surface area contributed by atoms with Crippen LogP contribution in [0.5, 0.6) is 0 Å². The molecule has 1 N–H and O–H groups in total. The van der Waals surface area contributed by atoms with Gasteiger partial charge in [-0.2, -0.15) is 5.10 Å². The molecular formula is C23H29N6O2P. The van der Waals surface area contributed by atoms with E-state index in [-0.39, 0.29) is 18.3 Å². The number of β-amino-alcohol motifs (C(OH)–C–C–N with tert-alkyl or cyclic N) is 1. The fourth-order valence-electron chi connectivity index (χ4n) is 4.71. The summed E-state index contributed by atoms with van der Waals surface area (Å²) in [7, 11) is 0.438. The minimum absolute atomic E-state index is 0.000601. The van der Waals surface area contributed by atoms with E-state index in [4.69, 9.17) is 5.10 Å². The van der Waals surface area contributed by atoms with E-state index in [1.165, 1.54) is 0 Å². The lowest BCUT2D eigenvalue weighted by molar-refractivity contribution is -0.123. The second-order valence-electron chi connectivity index (χ2n) is 8.69. The summed E-state index contributed by atoms with van der Waals surface area (Å²) in [5, 5.41) is 15.0. The zero-order valence-electron chi connectivity index (χ0n) is 18.7. The lowest BCUT2D eigenvalue weighted by atomic mass is 10.1. The van der Waals surface area contributed by atoms with Gasteiger partial charge in [-0.15, -0.1) is 0 Å². The van der Waals surface area contributed by atoms with Gasteiger partial charge in [0.1, 0.15) is 0 Å². The number of aliphatic hydroxyl groups excluding tert-OH is 1. The van der Waals surface area contributed by atoms with Crippen LogP contribution in [-0.2, 0) is 4.79 Å². The molecule has 2 aromatic heterocycles. The molecule has 3 atom stereocenters. The molecule has 32 heavy (non-hydrogen) atoms. The Hall–Kier alpha value is -2.54. The highest BCUT2D eigenvalue weighted by molar-refractivity contribution is 7.51. The molecule has 1 fully saturated rings. The highest BCUT2D eigenvalue weighted by Crippen LogP contribution is 2.44. The Bertz CT molecular complexity index is 1150. The van der Waals surface area contributed by atoms with Crippen molar-refractivity contribution in [3.63, 3.8) is 0 Å². The predicted octanol–water partition coefficient (Wildman–Crippen LogP) is 1.94. The second-order valence-corrected chi connectivity index (χ2v) is 10.1. The van der Waals surface area contributed by atoms with Gasteiger partial charge in [0.25, 0.3) is 5.91 Å². The first-order valence-electron chi connectivity index (χ1n) is 11.1. The lowest BCUT2D eigenvalue weighted by Gasteiger charge is -2.43. The second kappa shape index (κ2) is 8.43. The normalized spacial score (nSPS) is 24.8. The largest absolute Gasteiger partial charge is 0.395 e. The van der Waals surface area contributed by atoms with Crippen LogP contribution in [-0.4, -0.2) is 84.9 Å². The Morgan fingerprint density at radius 2 is 2.12 bits per heavy atom. The van der Waals surface area contributed by atoms with Crippen LogP contribution < -0.4 is 0 Å². The summed E-state index contributed by atoms with van der Waals surface area (Å²) in [6.07, 6.45) is 9.96. The fourth-order valence-corrected chi connectivity index (χ4v) is 6.04. The average molecular weight is 452 g/mol. The Morgan fingerprint density at radius 3 is 2.91 bits per heavy atom.